The Kier molecular flexibility index (Phi) is 6.81. The van der Waals surface area contributed by atoms with Crippen molar-refractivity contribution in [3.05, 3.63) is 120 Å². The lowest BCUT2D eigenvalue weighted by Crippen LogP contribution is -2.22. The maximum atomic E-state index is 12.7. The molecule has 0 radical (unpaired) electrons. The highest BCUT2D eigenvalue weighted by molar-refractivity contribution is 6.05. The van der Waals surface area contributed by atoms with Crippen LogP contribution in [0.2, 0.25) is 0 Å². The van der Waals surface area contributed by atoms with Crippen molar-refractivity contribution in [2.24, 2.45) is 0 Å². The van der Waals surface area contributed by atoms with Crippen molar-refractivity contribution in [2.75, 3.05) is 12.4 Å². The van der Waals surface area contributed by atoms with Gasteiger partial charge in [-0.2, -0.15) is 0 Å². The molecule has 0 heterocycles. The number of rotatable bonds is 7. The van der Waals surface area contributed by atoms with Crippen LogP contribution < -0.4 is 15.4 Å². The van der Waals surface area contributed by atoms with Crippen molar-refractivity contribution in [1.29, 1.82) is 0 Å². The van der Waals surface area contributed by atoms with Gasteiger partial charge < -0.3 is 15.4 Å². The number of nitrogens with one attached hydrogen (secondary N) is 2. The first-order chi connectivity index (χ1) is 16.1. The highest BCUT2D eigenvalue weighted by Crippen LogP contribution is 2.22. The van der Waals surface area contributed by atoms with Gasteiger partial charge in [-0.3, -0.25) is 9.59 Å². The summed E-state index contributed by atoms with van der Waals surface area (Å²) in [5, 5.41) is 5.84. The van der Waals surface area contributed by atoms with E-state index in [0.29, 0.717) is 17.7 Å². The van der Waals surface area contributed by atoms with Gasteiger partial charge in [-0.05, 0) is 65.2 Å². The first-order valence-corrected chi connectivity index (χ1v) is 10.6. The number of hydrogen-bond donors (Lipinski definition) is 2. The van der Waals surface area contributed by atoms with Crippen LogP contribution in [0.3, 0.4) is 0 Å². The summed E-state index contributed by atoms with van der Waals surface area (Å²) in [6.07, 6.45) is 0. The number of hydrogen-bond acceptors (Lipinski definition) is 3. The summed E-state index contributed by atoms with van der Waals surface area (Å²) in [5.74, 6) is 0.430. The quantitative estimate of drug-likeness (QED) is 0.399. The van der Waals surface area contributed by atoms with E-state index in [1.807, 2.05) is 91.0 Å². The number of carbonyl (C=O) groups excluding carboxylic acids is 2. The minimum absolute atomic E-state index is 0.161. The standard InChI is InChI=1S/C28H24N2O3/c1-33-26-15-13-20(14-16-26)19-29-27(31)23-9-5-7-21(17-23)22-8-6-10-24(18-22)28(32)30-25-11-3-2-4-12-25/h2-18H,19H2,1H3,(H,29,31)(H,30,32). The number of amides is 2. The molecule has 2 N–H and O–H groups in total. The molecule has 0 unspecified atom stereocenters. The summed E-state index contributed by atoms with van der Waals surface area (Å²) in [6.45, 7) is 0.419. The van der Waals surface area contributed by atoms with E-state index in [9.17, 15) is 9.59 Å². The van der Waals surface area contributed by atoms with Gasteiger partial charge in [-0.1, -0.05) is 54.6 Å². The number of benzene rings is 4. The van der Waals surface area contributed by atoms with Gasteiger partial charge in [0.05, 0.1) is 7.11 Å². The van der Waals surface area contributed by atoms with Crippen molar-refractivity contribution >= 4 is 17.5 Å². The Balaban J connectivity index is 1.46. The molecule has 5 nitrogen and oxygen atoms in total. The zero-order valence-corrected chi connectivity index (χ0v) is 18.2. The summed E-state index contributed by atoms with van der Waals surface area (Å²) in [6, 6.07) is 31.6. The Morgan fingerprint density at radius 1 is 0.697 bits per heavy atom. The predicted molar refractivity (Wildman–Crippen MR) is 130 cm³/mol. The van der Waals surface area contributed by atoms with Crippen LogP contribution in [0.15, 0.2) is 103 Å². The predicted octanol–water partition coefficient (Wildman–Crippen LogP) is 5.54. The molecule has 0 saturated carbocycles. The van der Waals surface area contributed by atoms with Crippen molar-refractivity contribution in [2.45, 2.75) is 6.54 Å². The monoisotopic (exact) mass is 436 g/mol. The van der Waals surface area contributed by atoms with Crippen LogP contribution in [0.5, 0.6) is 5.75 Å². The molecular weight excluding hydrogens is 412 g/mol. The fraction of sp³-hybridized carbons (Fsp3) is 0.0714. The van der Waals surface area contributed by atoms with E-state index in [2.05, 4.69) is 10.6 Å². The van der Waals surface area contributed by atoms with E-state index < -0.39 is 0 Å². The second-order valence-electron chi connectivity index (χ2n) is 7.51. The summed E-state index contributed by atoms with van der Waals surface area (Å²) in [4.78, 5) is 25.4. The molecule has 5 heteroatoms. The third-order valence-electron chi connectivity index (χ3n) is 5.23. The number of ether oxygens (including phenoxy) is 1. The maximum absolute atomic E-state index is 12.7. The van der Waals surface area contributed by atoms with Crippen LogP contribution >= 0.6 is 0 Å². The van der Waals surface area contributed by atoms with Crippen molar-refractivity contribution in [3.63, 3.8) is 0 Å². The number of carbonyl (C=O) groups is 2. The van der Waals surface area contributed by atoms with E-state index in [-0.39, 0.29) is 11.8 Å². The lowest BCUT2D eigenvalue weighted by molar-refractivity contribution is 0.0950. The molecule has 0 aliphatic rings. The van der Waals surface area contributed by atoms with Gasteiger partial charge in [-0.25, -0.2) is 0 Å². The molecule has 0 aliphatic carbocycles. The molecule has 4 aromatic carbocycles. The SMILES string of the molecule is COc1ccc(CNC(=O)c2cccc(-c3cccc(C(=O)Nc4ccccc4)c3)c2)cc1. The molecular formula is C28H24N2O3. The summed E-state index contributed by atoms with van der Waals surface area (Å²) < 4.78 is 5.16. The molecule has 0 spiro atoms. The Bertz CT molecular complexity index is 1250. The molecule has 0 aliphatic heterocycles. The number of anilines is 1. The van der Waals surface area contributed by atoms with Gasteiger partial charge >= 0.3 is 0 Å². The van der Waals surface area contributed by atoms with Crippen LogP contribution in [0, 0.1) is 0 Å². The normalized spacial score (nSPS) is 10.3. The zero-order valence-electron chi connectivity index (χ0n) is 18.2. The smallest absolute Gasteiger partial charge is 0.255 e. The van der Waals surface area contributed by atoms with Crippen LogP contribution in [0.25, 0.3) is 11.1 Å². The second-order valence-corrected chi connectivity index (χ2v) is 7.51. The average molecular weight is 437 g/mol. The first-order valence-electron chi connectivity index (χ1n) is 10.6. The zero-order chi connectivity index (χ0) is 23.0. The largest absolute Gasteiger partial charge is 0.497 e. The molecule has 164 valence electrons. The number of para-hydroxylation sites is 1. The Morgan fingerprint density at radius 3 is 1.91 bits per heavy atom. The molecule has 0 bridgehead atoms. The fourth-order valence-corrected chi connectivity index (χ4v) is 3.43. The van der Waals surface area contributed by atoms with Gasteiger partial charge in [0.2, 0.25) is 0 Å². The van der Waals surface area contributed by atoms with Crippen molar-refractivity contribution in [3.8, 4) is 16.9 Å². The highest BCUT2D eigenvalue weighted by Gasteiger charge is 2.10. The van der Waals surface area contributed by atoms with E-state index in [4.69, 9.17) is 4.74 Å². The Morgan fingerprint density at radius 2 is 1.30 bits per heavy atom. The minimum Gasteiger partial charge on any atom is -0.497 e. The molecule has 0 atom stereocenters. The van der Waals surface area contributed by atoms with E-state index in [1.165, 1.54) is 0 Å². The van der Waals surface area contributed by atoms with Crippen molar-refractivity contribution < 1.29 is 14.3 Å². The third-order valence-corrected chi connectivity index (χ3v) is 5.23. The lowest BCUT2D eigenvalue weighted by atomic mass is 10.0. The van der Waals surface area contributed by atoms with E-state index in [0.717, 1.165) is 28.1 Å². The third kappa shape index (κ3) is 5.66. The van der Waals surface area contributed by atoms with Gasteiger partial charge in [-0.15, -0.1) is 0 Å². The van der Waals surface area contributed by atoms with Crippen LogP contribution in [-0.2, 0) is 6.54 Å². The summed E-state index contributed by atoms with van der Waals surface area (Å²) in [5.41, 5.74) is 4.55. The summed E-state index contributed by atoms with van der Waals surface area (Å²) >= 11 is 0. The average Bonchev–Trinajstić information content (AvgIpc) is 2.88. The topological polar surface area (TPSA) is 67.4 Å². The fourth-order valence-electron chi connectivity index (χ4n) is 3.43. The summed E-state index contributed by atoms with van der Waals surface area (Å²) in [7, 11) is 1.62. The molecule has 0 fully saturated rings. The molecule has 0 aromatic heterocycles. The van der Waals surface area contributed by atoms with Crippen LogP contribution in [-0.4, -0.2) is 18.9 Å². The maximum Gasteiger partial charge on any atom is 0.255 e. The lowest BCUT2D eigenvalue weighted by Gasteiger charge is -2.10. The van der Waals surface area contributed by atoms with Gasteiger partial charge in [0.15, 0.2) is 0 Å². The van der Waals surface area contributed by atoms with Crippen molar-refractivity contribution in [1.82, 2.24) is 5.32 Å². The van der Waals surface area contributed by atoms with Crippen LogP contribution in [0.1, 0.15) is 26.3 Å². The molecule has 2 amide bonds. The number of methoxy groups -OCH3 is 1. The highest BCUT2D eigenvalue weighted by atomic mass is 16.5. The van der Waals surface area contributed by atoms with Crippen LogP contribution in [0.4, 0.5) is 5.69 Å². The molecule has 33 heavy (non-hydrogen) atoms. The second kappa shape index (κ2) is 10.3. The molecule has 0 saturated heterocycles. The van der Waals surface area contributed by atoms with Gasteiger partial charge in [0.1, 0.15) is 5.75 Å². The molecule has 4 rings (SSSR count). The molecule has 4 aromatic rings. The van der Waals surface area contributed by atoms with E-state index in [1.54, 1.807) is 19.2 Å². The Hall–Kier alpha value is -4.38. The minimum atomic E-state index is -0.184. The first kappa shape index (κ1) is 21.8. The van der Waals surface area contributed by atoms with Gasteiger partial charge in [0, 0.05) is 23.4 Å². The van der Waals surface area contributed by atoms with E-state index >= 15 is 0 Å². The Labute approximate surface area is 193 Å². The van der Waals surface area contributed by atoms with Gasteiger partial charge in [0.25, 0.3) is 11.8 Å².